The maximum Gasteiger partial charge on any atom is 0.451 e. The fourth-order valence-electron chi connectivity index (χ4n) is 0.795. The summed E-state index contributed by atoms with van der Waals surface area (Å²) in [6.07, 6.45) is 0. The summed E-state index contributed by atoms with van der Waals surface area (Å²) in [4.78, 5) is 0. The van der Waals surface area contributed by atoms with Crippen LogP contribution in [0.2, 0.25) is 26.2 Å². The molecule has 0 spiro atoms. The predicted octanol–water partition coefficient (Wildman–Crippen LogP) is -0.177. The van der Waals surface area contributed by atoms with Crippen LogP contribution in [0.3, 0.4) is 0 Å². The second-order valence-corrected chi connectivity index (χ2v) is 13.3. The highest BCUT2D eigenvalue weighted by Gasteiger charge is 2.44. The predicted molar refractivity (Wildman–Crippen MR) is 59.3 cm³/mol. The highest BCUT2D eigenvalue weighted by Crippen LogP contribution is 2.21. The summed E-state index contributed by atoms with van der Waals surface area (Å²) in [6.45, 7) is 4.95. The molecular formula is C4H12O10S2Si2. The molecule has 0 saturated carbocycles. The molecule has 18 heavy (non-hydrogen) atoms. The van der Waals surface area contributed by atoms with Crippen LogP contribution in [0.4, 0.5) is 0 Å². The van der Waals surface area contributed by atoms with Crippen molar-refractivity contribution in [3.63, 3.8) is 0 Å². The third-order valence-corrected chi connectivity index (χ3v) is 7.77. The lowest BCUT2D eigenvalue weighted by molar-refractivity contribution is -0.187. The first-order valence-corrected chi connectivity index (χ1v) is 12.8. The minimum atomic E-state index is -4.59. The molecule has 0 aromatic heterocycles. The SMILES string of the molecule is C[Si]1(C)OOS(=O)(=O)OO[Si](C)(C)OS(=O)(=O)O1. The summed E-state index contributed by atoms with van der Waals surface area (Å²) in [6, 6.07) is 0. The molecule has 1 fully saturated rings. The Morgan fingerprint density at radius 1 is 0.667 bits per heavy atom. The smallest absolute Gasteiger partial charge is 0.262 e. The zero-order valence-electron chi connectivity index (χ0n) is 9.90. The Bertz CT molecular complexity index is 472. The van der Waals surface area contributed by atoms with Crippen molar-refractivity contribution in [3.8, 4) is 0 Å². The Balaban J connectivity index is 3.06. The first kappa shape index (κ1) is 16.1. The highest BCUT2D eigenvalue weighted by atomic mass is 32.3. The average molecular weight is 340 g/mol. The van der Waals surface area contributed by atoms with Crippen LogP contribution in [-0.2, 0) is 46.4 Å². The van der Waals surface area contributed by atoms with E-state index in [1.165, 1.54) is 26.2 Å². The van der Waals surface area contributed by atoms with E-state index in [0.29, 0.717) is 0 Å². The van der Waals surface area contributed by atoms with Gasteiger partial charge in [0.05, 0.1) is 0 Å². The maximum atomic E-state index is 11.5. The van der Waals surface area contributed by atoms with Gasteiger partial charge in [-0.1, -0.05) is 8.67 Å². The number of rotatable bonds is 0. The van der Waals surface area contributed by atoms with Crippen molar-refractivity contribution in [1.29, 1.82) is 0 Å². The quantitative estimate of drug-likeness (QED) is 0.433. The summed E-state index contributed by atoms with van der Waals surface area (Å²) < 4.78 is 71.2. The molecule has 1 heterocycles. The van der Waals surface area contributed by atoms with Crippen LogP contribution >= 0.6 is 0 Å². The van der Waals surface area contributed by atoms with Gasteiger partial charge in [-0.05, 0) is 26.2 Å². The van der Waals surface area contributed by atoms with Crippen LogP contribution in [-0.4, -0.2) is 34.0 Å². The van der Waals surface area contributed by atoms with Crippen molar-refractivity contribution < 1.29 is 42.4 Å². The van der Waals surface area contributed by atoms with E-state index in [1.54, 1.807) is 0 Å². The van der Waals surface area contributed by atoms with E-state index in [9.17, 15) is 16.8 Å². The standard InChI is InChI=1S/C4H12O10S2Si2/c1-17(2)11-9-15(5,6)10-12-18(3,4)14-16(7,8)13-17/h1-4H3. The van der Waals surface area contributed by atoms with Crippen LogP contribution in [0.1, 0.15) is 0 Å². The molecule has 0 aliphatic carbocycles. The van der Waals surface area contributed by atoms with Crippen LogP contribution < -0.4 is 0 Å². The molecule has 14 heteroatoms. The molecule has 1 aliphatic heterocycles. The van der Waals surface area contributed by atoms with Crippen molar-refractivity contribution in [2.75, 3.05) is 0 Å². The second-order valence-electron chi connectivity index (χ2n) is 4.09. The Kier molecular flexibility index (Phi) is 4.39. The normalized spacial score (nSPS) is 30.4. The van der Waals surface area contributed by atoms with E-state index in [1.807, 2.05) is 0 Å². The van der Waals surface area contributed by atoms with E-state index >= 15 is 0 Å². The molecule has 0 N–H and O–H groups in total. The number of hydrogen-bond acceptors (Lipinski definition) is 10. The van der Waals surface area contributed by atoms with Gasteiger partial charge in [-0.15, -0.1) is 0 Å². The zero-order chi connectivity index (χ0) is 14.2. The first-order chi connectivity index (χ1) is 7.83. The van der Waals surface area contributed by atoms with Crippen molar-refractivity contribution in [2.45, 2.75) is 26.2 Å². The van der Waals surface area contributed by atoms with Gasteiger partial charge in [0.25, 0.3) is 0 Å². The average Bonchev–Trinajstić information content (AvgIpc) is 2.08. The fraction of sp³-hybridized carbons (Fsp3) is 1.00. The fourth-order valence-corrected chi connectivity index (χ4v) is 7.39. The molecule has 0 amide bonds. The van der Waals surface area contributed by atoms with Gasteiger partial charge in [0, 0.05) is 0 Å². The van der Waals surface area contributed by atoms with Crippen molar-refractivity contribution in [3.05, 3.63) is 0 Å². The molecule has 10 nitrogen and oxygen atoms in total. The molecule has 108 valence electrons. The van der Waals surface area contributed by atoms with Gasteiger partial charge < -0.3 is 0 Å². The monoisotopic (exact) mass is 340 g/mol. The van der Waals surface area contributed by atoms with Gasteiger partial charge in [0.2, 0.25) is 0 Å². The van der Waals surface area contributed by atoms with Gasteiger partial charge in [0.15, 0.2) is 0 Å². The summed E-state index contributed by atoms with van der Waals surface area (Å²) in [5.74, 6) is 0. The number of hydrogen-bond donors (Lipinski definition) is 0. The summed E-state index contributed by atoms with van der Waals surface area (Å²) >= 11 is 0. The van der Waals surface area contributed by atoms with Crippen molar-refractivity contribution >= 4 is 37.9 Å². The topological polar surface area (TPSA) is 124 Å². The lowest BCUT2D eigenvalue weighted by Gasteiger charge is -2.25. The molecule has 0 aromatic rings. The van der Waals surface area contributed by atoms with Crippen LogP contribution in [0.5, 0.6) is 0 Å². The Morgan fingerprint density at radius 2 is 1.00 bits per heavy atom. The minimum absolute atomic E-state index is 1.24. The van der Waals surface area contributed by atoms with E-state index in [0.717, 1.165) is 0 Å². The lowest BCUT2D eigenvalue weighted by Crippen LogP contribution is -2.45. The molecule has 1 rings (SSSR count). The van der Waals surface area contributed by atoms with E-state index in [-0.39, 0.29) is 0 Å². The second kappa shape index (κ2) is 4.89. The van der Waals surface area contributed by atoms with Crippen LogP contribution in [0.15, 0.2) is 0 Å². The van der Waals surface area contributed by atoms with Gasteiger partial charge in [-0.25, -0.2) is 9.15 Å². The van der Waals surface area contributed by atoms with Crippen LogP contribution in [0.25, 0.3) is 0 Å². The zero-order valence-corrected chi connectivity index (χ0v) is 13.5. The molecular weight excluding hydrogens is 328 g/mol. The minimum Gasteiger partial charge on any atom is -0.262 e. The molecule has 0 radical (unpaired) electrons. The molecule has 0 unspecified atom stereocenters. The van der Waals surface area contributed by atoms with Crippen molar-refractivity contribution in [1.82, 2.24) is 0 Å². The van der Waals surface area contributed by atoms with E-state index in [4.69, 9.17) is 0 Å². The Labute approximate surface area is 107 Å². The van der Waals surface area contributed by atoms with Crippen LogP contribution in [0, 0.1) is 0 Å². The Morgan fingerprint density at radius 3 is 1.33 bits per heavy atom. The third-order valence-electron chi connectivity index (χ3n) is 1.24. The largest absolute Gasteiger partial charge is 0.451 e. The maximum absolute atomic E-state index is 11.5. The molecule has 0 atom stereocenters. The van der Waals surface area contributed by atoms with E-state index < -0.39 is 37.9 Å². The summed E-state index contributed by atoms with van der Waals surface area (Å²) in [5.41, 5.74) is 0. The van der Waals surface area contributed by atoms with Gasteiger partial charge in [0.1, 0.15) is 0 Å². The van der Waals surface area contributed by atoms with Gasteiger partial charge in [-0.3, -0.25) is 7.74 Å². The third kappa shape index (κ3) is 5.38. The molecule has 1 aliphatic rings. The summed E-state index contributed by atoms with van der Waals surface area (Å²) in [5, 5.41) is 0. The molecule has 0 aromatic carbocycles. The Hall–Kier alpha value is 0.0938. The molecule has 0 bridgehead atoms. The van der Waals surface area contributed by atoms with Gasteiger partial charge >= 0.3 is 37.9 Å². The van der Waals surface area contributed by atoms with Crippen molar-refractivity contribution in [2.24, 2.45) is 0 Å². The first-order valence-electron chi connectivity index (χ1n) is 4.48. The highest BCUT2D eigenvalue weighted by molar-refractivity contribution is 7.84. The summed E-state index contributed by atoms with van der Waals surface area (Å²) in [7, 11) is -15.9. The van der Waals surface area contributed by atoms with E-state index in [2.05, 4.69) is 25.6 Å². The lowest BCUT2D eigenvalue weighted by atomic mass is 11.9. The molecule has 1 saturated heterocycles. The van der Waals surface area contributed by atoms with Gasteiger partial charge in [-0.2, -0.15) is 16.8 Å².